The third-order valence-electron chi connectivity index (χ3n) is 4.26. The largest absolute Gasteiger partial charge is 0.307 e. The van der Waals surface area contributed by atoms with Crippen LogP contribution in [0.5, 0.6) is 0 Å². The Morgan fingerprint density at radius 1 is 1.08 bits per heavy atom. The molecule has 0 saturated heterocycles. The van der Waals surface area contributed by atoms with Gasteiger partial charge in [0.25, 0.3) is 0 Å². The fraction of sp³-hybridized carbons (Fsp3) is 0.222. The molecule has 2 aromatic heterocycles. The molecule has 0 spiro atoms. The summed E-state index contributed by atoms with van der Waals surface area (Å²) in [5.74, 6) is -0.238. The maximum Gasteiger partial charge on any atom is 0.123 e. The van der Waals surface area contributed by atoms with E-state index in [1.165, 1.54) is 17.8 Å². The highest BCUT2D eigenvalue weighted by Crippen LogP contribution is 2.38. The molecule has 0 unspecified atom stereocenters. The van der Waals surface area contributed by atoms with Crippen LogP contribution in [0.3, 0.4) is 0 Å². The summed E-state index contributed by atoms with van der Waals surface area (Å²) in [6.45, 7) is 3.87. The molecular formula is C18H18ClFN4. The molecule has 3 heterocycles. The van der Waals surface area contributed by atoms with Crippen LogP contribution in [0.15, 0.2) is 48.8 Å². The summed E-state index contributed by atoms with van der Waals surface area (Å²) in [6.07, 6.45) is 3.57. The summed E-state index contributed by atoms with van der Waals surface area (Å²) in [4.78, 5) is 4.11. The summed E-state index contributed by atoms with van der Waals surface area (Å²) in [7, 11) is 0. The highest BCUT2D eigenvalue weighted by Gasteiger charge is 2.26. The van der Waals surface area contributed by atoms with Crippen LogP contribution in [0.2, 0.25) is 0 Å². The zero-order valence-corrected chi connectivity index (χ0v) is 14.1. The molecule has 0 aliphatic carbocycles. The van der Waals surface area contributed by atoms with Crippen molar-refractivity contribution in [3.63, 3.8) is 0 Å². The first-order valence-electron chi connectivity index (χ1n) is 7.74. The number of rotatable bonds is 2. The Bertz CT molecular complexity index is 830. The second-order valence-electron chi connectivity index (χ2n) is 5.75. The second kappa shape index (κ2) is 6.71. The Balaban J connectivity index is 0.00000169. The zero-order valence-electron chi connectivity index (χ0n) is 13.2. The number of halogens is 2. The first kappa shape index (κ1) is 16.6. The van der Waals surface area contributed by atoms with Gasteiger partial charge in [0.2, 0.25) is 0 Å². The fourth-order valence-electron chi connectivity index (χ4n) is 3.18. The molecule has 4 nitrogen and oxygen atoms in total. The van der Waals surface area contributed by atoms with E-state index < -0.39 is 0 Å². The van der Waals surface area contributed by atoms with E-state index in [1.54, 1.807) is 24.5 Å². The van der Waals surface area contributed by atoms with E-state index in [1.807, 2.05) is 12.1 Å². The molecule has 0 saturated carbocycles. The molecule has 1 atom stereocenters. The maximum absolute atomic E-state index is 13.3. The zero-order chi connectivity index (χ0) is 15.8. The highest BCUT2D eigenvalue weighted by molar-refractivity contribution is 5.85. The minimum Gasteiger partial charge on any atom is -0.307 e. The molecular weight excluding hydrogens is 327 g/mol. The molecule has 24 heavy (non-hydrogen) atoms. The smallest absolute Gasteiger partial charge is 0.123 e. The third-order valence-corrected chi connectivity index (χ3v) is 4.26. The summed E-state index contributed by atoms with van der Waals surface area (Å²) >= 11 is 0. The van der Waals surface area contributed by atoms with Gasteiger partial charge in [-0.2, -0.15) is 5.10 Å². The highest BCUT2D eigenvalue weighted by atomic mass is 35.5. The van der Waals surface area contributed by atoms with Crippen LogP contribution in [-0.2, 0) is 6.54 Å². The van der Waals surface area contributed by atoms with E-state index in [4.69, 9.17) is 5.10 Å². The van der Waals surface area contributed by atoms with Crippen LogP contribution >= 0.6 is 12.4 Å². The summed E-state index contributed by atoms with van der Waals surface area (Å²) in [5.41, 5.74) is 5.16. The van der Waals surface area contributed by atoms with Gasteiger partial charge in [0, 0.05) is 36.1 Å². The molecule has 0 fully saturated rings. The van der Waals surface area contributed by atoms with Gasteiger partial charge >= 0.3 is 0 Å². The van der Waals surface area contributed by atoms with E-state index >= 15 is 0 Å². The van der Waals surface area contributed by atoms with Gasteiger partial charge in [-0.15, -0.1) is 12.4 Å². The first-order valence-corrected chi connectivity index (χ1v) is 7.74. The number of hydrogen-bond acceptors (Lipinski definition) is 3. The normalized spacial score (nSPS) is 16.3. The predicted octanol–water partition coefficient (Wildman–Crippen LogP) is 3.84. The third kappa shape index (κ3) is 2.81. The van der Waals surface area contributed by atoms with Gasteiger partial charge in [0.15, 0.2) is 0 Å². The number of nitrogens with zero attached hydrogens (tertiary/aromatic N) is 3. The minimum absolute atomic E-state index is 0. The number of benzene rings is 1. The lowest BCUT2D eigenvalue weighted by Crippen LogP contribution is -2.32. The Morgan fingerprint density at radius 2 is 1.79 bits per heavy atom. The van der Waals surface area contributed by atoms with Gasteiger partial charge in [0.05, 0.1) is 12.2 Å². The number of hydrogen-bond donors (Lipinski definition) is 1. The summed E-state index contributed by atoms with van der Waals surface area (Å²) in [6, 6.07) is 10.7. The molecule has 0 bridgehead atoms. The lowest BCUT2D eigenvalue weighted by Gasteiger charge is -2.23. The van der Waals surface area contributed by atoms with Gasteiger partial charge in [-0.25, -0.2) is 4.39 Å². The Hall–Kier alpha value is -2.24. The van der Waals surface area contributed by atoms with Crippen LogP contribution in [0.4, 0.5) is 4.39 Å². The number of aromatic nitrogens is 3. The molecule has 0 radical (unpaired) electrons. The van der Waals surface area contributed by atoms with Gasteiger partial charge in [-0.05, 0) is 48.9 Å². The van der Waals surface area contributed by atoms with Crippen molar-refractivity contribution in [2.24, 2.45) is 0 Å². The molecule has 0 amide bonds. The van der Waals surface area contributed by atoms with Gasteiger partial charge in [-0.3, -0.25) is 9.67 Å². The van der Waals surface area contributed by atoms with Crippen molar-refractivity contribution in [2.75, 3.05) is 6.54 Å². The molecule has 1 N–H and O–H groups in total. The van der Waals surface area contributed by atoms with Gasteiger partial charge < -0.3 is 5.32 Å². The van der Waals surface area contributed by atoms with Crippen molar-refractivity contribution in [3.05, 3.63) is 60.3 Å². The number of fused-ring (bicyclic) bond motifs is 1. The molecule has 124 valence electrons. The summed E-state index contributed by atoms with van der Waals surface area (Å²) < 4.78 is 15.3. The topological polar surface area (TPSA) is 42.7 Å². The van der Waals surface area contributed by atoms with Gasteiger partial charge in [0.1, 0.15) is 11.5 Å². The maximum atomic E-state index is 13.3. The average Bonchev–Trinajstić information content (AvgIpc) is 2.97. The number of pyridine rings is 1. The molecule has 1 aromatic carbocycles. The van der Waals surface area contributed by atoms with Crippen molar-refractivity contribution >= 4 is 12.4 Å². The average molecular weight is 345 g/mol. The molecule has 1 aliphatic rings. The van der Waals surface area contributed by atoms with E-state index in [0.29, 0.717) is 0 Å². The number of nitrogens with one attached hydrogen (secondary N) is 1. The van der Waals surface area contributed by atoms with Crippen LogP contribution in [-0.4, -0.2) is 21.3 Å². The fourth-order valence-corrected chi connectivity index (χ4v) is 3.18. The van der Waals surface area contributed by atoms with Crippen molar-refractivity contribution in [1.29, 1.82) is 0 Å². The van der Waals surface area contributed by atoms with Crippen LogP contribution < -0.4 is 5.32 Å². The minimum atomic E-state index is -0.238. The quantitative estimate of drug-likeness (QED) is 0.768. The SMILES string of the molecule is C[C@H]1NCCn2nc(-c3ccc(F)cc3)c(-c3ccncc3)c21.Cl. The molecule has 3 aromatic rings. The van der Waals surface area contributed by atoms with Crippen LogP contribution in [0.1, 0.15) is 18.7 Å². The van der Waals surface area contributed by atoms with Gasteiger partial charge in [-0.1, -0.05) is 0 Å². The van der Waals surface area contributed by atoms with E-state index in [9.17, 15) is 4.39 Å². The monoisotopic (exact) mass is 344 g/mol. The van der Waals surface area contributed by atoms with Crippen molar-refractivity contribution in [1.82, 2.24) is 20.1 Å². The molecule has 1 aliphatic heterocycles. The van der Waals surface area contributed by atoms with Crippen molar-refractivity contribution in [2.45, 2.75) is 19.5 Å². The van der Waals surface area contributed by atoms with Crippen LogP contribution in [0, 0.1) is 5.82 Å². The Morgan fingerprint density at radius 3 is 2.50 bits per heavy atom. The lowest BCUT2D eigenvalue weighted by molar-refractivity contribution is 0.421. The summed E-state index contributed by atoms with van der Waals surface area (Å²) in [5, 5.41) is 8.30. The molecule has 4 rings (SSSR count). The van der Waals surface area contributed by atoms with Crippen LogP contribution in [0.25, 0.3) is 22.4 Å². The van der Waals surface area contributed by atoms with E-state index in [-0.39, 0.29) is 24.3 Å². The van der Waals surface area contributed by atoms with E-state index in [2.05, 4.69) is 21.9 Å². The predicted molar refractivity (Wildman–Crippen MR) is 94.5 cm³/mol. The lowest BCUT2D eigenvalue weighted by atomic mass is 9.96. The van der Waals surface area contributed by atoms with Crippen molar-refractivity contribution in [3.8, 4) is 22.4 Å². The molecule has 6 heteroatoms. The Kier molecular flexibility index (Phi) is 4.64. The van der Waals surface area contributed by atoms with E-state index in [0.717, 1.165) is 35.5 Å². The first-order chi connectivity index (χ1) is 11.2. The standard InChI is InChI=1S/C18H17FN4.ClH/c1-12-18-16(13-6-8-20-9-7-13)17(22-23(18)11-10-21-12)14-2-4-15(19)5-3-14;/h2-9,12,21H,10-11H2,1H3;1H/t12-;/m1./s1. The van der Waals surface area contributed by atoms with Crippen molar-refractivity contribution < 1.29 is 4.39 Å². The Labute approximate surface area is 146 Å². The second-order valence-corrected chi connectivity index (χ2v) is 5.75.